The molecule has 0 aliphatic heterocycles. The quantitative estimate of drug-likeness (QED) is 0.272. The lowest BCUT2D eigenvalue weighted by atomic mass is 10.2. The highest BCUT2D eigenvalue weighted by Gasteiger charge is 2.63. The number of halogens is 5. The fraction of sp³-hybridized carbons (Fsp3) is 0.917. The summed E-state index contributed by atoms with van der Waals surface area (Å²) in [6, 6.07) is 0. The number of nitrogens with one attached hydrogen (secondary N) is 1. The minimum absolute atomic E-state index is 0.118. The molecule has 0 spiro atoms. The van der Waals surface area contributed by atoms with Crippen LogP contribution in [0.5, 0.6) is 0 Å². The second kappa shape index (κ2) is 7.91. The van der Waals surface area contributed by atoms with Crippen LogP contribution in [0.3, 0.4) is 0 Å². The Morgan fingerprint density at radius 1 is 1.17 bits per heavy atom. The van der Waals surface area contributed by atoms with E-state index in [0.717, 1.165) is 0 Å². The van der Waals surface area contributed by atoms with Gasteiger partial charge in [-0.15, -0.1) is 0 Å². The zero-order chi connectivity index (χ0) is 19.4. The molecule has 2 N–H and O–H groups in total. The molecule has 0 bridgehead atoms. The number of alkyl halides is 5. The Hall–Kier alpha value is -1.01. The molecule has 0 fully saturated rings. The van der Waals surface area contributed by atoms with Gasteiger partial charge >= 0.3 is 12.1 Å². The number of nitrogens with zero attached hydrogens (tertiary/aromatic N) is 1. The van der Waals surface area contributed by atoms with Crippen molar-refractivity contribution in [2.24, 2.45) is 0 Å². The van der Waals surface area contributed by atoms with Crippen LogP contribution in [-0.4, -0.2) is 74.4 Å². The molecule has 0 heterocycles. The summed E-state index contributed by atoms with van der Waals surface area (Å²) in [4.78, 5) is 10.9. The van der Waals surface area contributed by atoms with Crippen LogP contribution in [0.1, 0.15) is 19.8 Å². The standard InChI is InChI=1S/C12H21F5N2O4S/c1-9(24(21,22)23)5-8-19(2,3)7-4-6-18-10(20)11(13,14)12(15,16)17/h9H,4-8H2,1-3H3,(H-,18,20,21,22,23)/p+1. The zero-order valence-electron chi connectivity index (χ0n) is 13.5. The van der Waals surface area contributed by atoms with Gasteiger partial charge in [-0.05, 0) is 6.92 Å². The molecule has 12 heteroatoms. The molecule has 0 saturated heterocycles. The van der Waals surface area contributed by atoms with Crippen molar-refractivity contribution in [3.05, 3.63) is 0 Å². The molecular formula is C12H22F5N2O4S+. The van der Waals surface area contributed by atoms with Crippen LogP contribution < -0.4 is 5.32 Å². The summed E-state index contributed by atoms with van der Waals surface area (Å²) in [5.74, 6) is -7.84. The third-order valence-corrected chi connectivity index (χ3v) is 4.77. The first kappa shape index (κ1) is 23.0. The van der Waals surface area contributed by atoms with Gasteiger partial charge in [-0.2, -0.15) is 30.4 Å². The van der Waals surface area contributed by atoms with Gasteiger partial charge in [0.15, 0.2) is 0 Å². The largest absolute Gasteiger partial charge is 0.463 e. The molecule has 0 radical (unpaired) electrons. The number of hydrogen-bond acceptors (Lipinski definition) is 3. The summed E-state index contributed by atoms with van der Waals surface area (Å²) < 4.78 is 92.2. The molecule has 0 aromatic carbocycles. The van der Waals surface area contributed by atoms with Crippen LogP contribution in [0.4, 0.5) is 22.0 Å². The van der Waals surface area contributed by atoms with Gasteiger partial charge in [0.1, 0.15) is 0 Å². The normalized spacial score (nSPS) is 15.2. The smallest absolute Gasteiger partial charge is 0.350 e. The van der Waals surface area contributed by atoms with E-state index in [4.69, 9.17) is 4.55 Å². The van der Waals surface area contributed by atoms with Crippen molar-refractivity contribution >= 4 is 16.0 Å². The number of carbonyl (C=O) groups excluding carboxylic acids is 1. The minimum atomic E-state index is -5.95. The van der Waals surface area contributed by atoms with Crippen molar-refractivity contribution < 1.29 is 44.2 Å². The fourth-order valence-electron chi connectivity index (χ4n) is 1.74. The molecule has 0 rings (SSSR count). The van der Waals surface area contributed by atoms with Crippen LogP contribution in [0.25, 0.3) is 0 Å². The van der Waals surface area contributed by atoms with E-state index in [0.29, 0.717) is 13.1 Å². The van der Waals surface area contributed by atoms with Crippen molar-refractivity contribution in [2.75, 3.05) is 33.7 Å². The monoisotopic (exact) mass is 385 g/mol. The average molecular weight is 385 g/mol. The highest BCUT2D eigenvalue weighted by molar-refractivity contribution is 7.86. The zero-order valence-corrected chi connectivity index (χ0v) is 14.3. The van der Waals surface area contributed by atoms with Crippen LogP contribution >= 0.6 is 0 Å². The van der Waals surface area contributed by atoms with Gasteiger partial charge in [-0.25, -0.2) is 0 Å². The second-order valence-electron chi connectivity index (χ2n) is 6.18. The first-order chi connectivity index (χ1) is 10.5. The van der Waals surface area contributed by atoms with Gasteiger partial charge in [0.05, 0.1) is 32.4 Å². The van der Waals surface area contributed by atoms with Crippen LogP contribution in [0, 0.1) is 0 Å². The van der Waals surface area contributed by atoms with E-state index in [1.54, 1.807) is 14.1 Å². The first-order valence-corrected chi connectivity index (χ1v) is 8.52. The van der Waals surface area contributed by atoms with Crippen molar-refractivity contribution in [3.63, 3.8) is 0 Å². The summed E-state index contributed by atoms with van der Waals surface area (Å²) in [7, 11) is -0.754. The lowest BCUT2D eigenvalue weighted by Crippen LogP contribution is -2.51. The molecule has 0 aromatic heterocycles. The molecule has 1 amide bonds. The van der Waals surface area contributed by atoms with E-state index >= 15 is 0 Å². The predicted octanol–water partition coefficient (Wildman–Crippen LogP) is 1.43. The number of carbonyl (C=O) groups is 1. The topological polar surface area (TPSA) is 83.5 Å². The first-order valence-electron chi connectivity index (χ1n) is 7.02. The van der Waals surface area contributed by atoms with Gasteiger partial charge < -0.3 is 9.80 Å². The van der Waals surface area contributed by atoms with Gasteiger partial charge in [-0.3, -0.25) is 9.35 Å². The maximum atomic E-state index is 12.7. The van der Waals surface area contributed by atoms with Gasteiger partial charge in [0.2, 0.25) is 0 Å². The van der Waals surface area contributed by atoms with E-state index in [1.165, 1.54) is 12.2 Å². The van der Waals surface area contributed by atoms with Gasteiger partial charge in [0, 0.05) is 19.4 Å². The molecule has 0 aliphatic carbocycles. The third-order valence-electron chi connectivity index (χ3n) is 3.52. The number of hydrogen-bond donors (Lipinski definition) is 2. The Bertz CT molecular complexity index is 534. The lowest BCUT2D eigenvalue weighted by molar-refractivity contribution is -0.890. The summed E-state index contributed by atoms with van der Waals surface area (Å²) in [5, 5.41) is 0.564. The van der Waals surface area contributed by atoms with E-state index in [2.05, 4.69) is 0 Å². The molecular weight excluding hydrogens is 363 g/mol. The van der Waals surface area contributed by atoms with Crippen molar-refractivity contribution in [2.45, 2.75) is 37.1 Å². The maximum absolute atomic E-state index is 12.7. The van der Waals surface area contributed by atoms with Gasteiger partial charge in [-0.1, -0.05) is 0 Å². The van der Waals surface area contributed by atoms with E-state index in [-0.39, 0.29) is 23.9 Å². The van der Waals surface area contributed by atoms with Crippen molar-refractivity contribution in [3.8, 4) is 0 Å². The highest BCUT2D eigenvalue weighted by atomic mass is 32.2. The Labute approximate surface area is 137 Å². The SMILES string of the molecule is CC(CC[N+](C)(C)CCCNC(=O)C(F)(F)C(F)(F)F)S(=O)(=O)O. The summed E-state index contributed by atoms with van der Waals surface area (Å²) in [6.07, 6.45) is -5.68. The Kier molecular flexibility index (Phi) is 7.58. The molecule has 0 saturated carbocycles. The number of quaternary nitrogens is 1. The molecule has 1 atom stereocenters. The Morgan fingerprint density at radius 3 is 2.08 bits per heavy atom. The van der Waals surface area contributed by atoms with Crippen LogP contribution in [0.2, 0.25) is 0 Å². The predicted molar refractivity (Wildman–Crippen MR) is 76.1 cm³/mol. The highest BCUT2D eigenvalue weighted by Crippen LogP contribution is 2.35. The summed E-state index contributed by atoms with van der Waals surface area (Å²) >= 11 is 0. The van der Waals surface area contributed by atoms with Crippen LogP contribution in [0.15, 0.2) is 0 Å². The van der Waals surface area contributed by atoms with Crippen molar-refractivity contribution in [1.29, 1.82) is 0 Å². The molecule has 0 aliphatic rings. The third kappa shape index (κ3) is 7.26. The molecule has 0 aromatic rings. The molecule has 6 nitrogen and oxygen atoms in total. The second-order valence-corrected chi connectivity index (χ2v) is 8.01. The number of rotatable bonds is 9. The average Bonchev–Trinajstić information content (AvgIpc) is 2.38. The van der Waals surface area contributed by atoms with Crippen molar-refractivity contribution in [1.82, 2.24) is 5.32 Å². The lowest BCUT2D eigenvalue weighted by Gasteiger charge is -2.30. The summed E-state index contributed by atoms with van der Waals surface area (Å²) in [6.45, 7) is 1.58. The Morgan fingerprint density at radius 2 is 1.67 bits per heavy atom. The summed E-state index contributed by atoms with van der Waals surface area (Å²) in [5.41, 5.74) is 0. The molecule has 144 valence electrons. The molecule has 1 unspecified atom stereocenters. The Balaban J connectivity index is 4.30. The minimum Gasteiger partial charge on any atom is -0.350 e. The van der Waals surface area contributed by atoms with E-state index < -0.39 is 33.4 Å². The fourth-order valence-corrected chi connectivity index (χ4v) is 2.14. The number of amides is 1. The van der Waals surface area contributed by atoms with E-state index in [9.17, 15) is 35.2 Å². The molecule has 24 heavy (non-hydrogen) atoms. The van der Waals surface area contributed by atoms with Gasteiger partial charge in [0.25, 0.3) is 16.0 Å². The van der Waals surface area contributed by atoms with Crippen LogP contribution in [-0.2, 0) is 14.9 Å². The maximum Gasteiger partial charge on any atom is 0.463 e. The van der Waals surface area contributed by atoms with E-state index in [1.807, 2.05) is 0 Å².